The van der Waals surface area contributed by atoms with Crippen molar-refractivity contribution in [3.63, 3.8) is 0 Å². The lowest BCUT2D eigenvalue weighted by molar-refractivity contribution is -0.0170. The Labute approximate surface area is 214 Å². The summed E-state index contributed by atoms with van der Waals surface area (Å²) in [5, 5.41) is 24.9. The number of aromatic nitrogens is 4. The second-order valence-electron chi connectivity index (χ2n) is 8.24. The number of amidine groups is 1. The molecule has 3 heterocycles. The molecule has 0 saturated carbocycles. The van der Waals surface area contributed by atoms with Gasteiger partial charge in [0.15, 0.2) is 23.3 Å². The zero-order valence-corrected chi connectivity index (χ0v) is 20.5. The van der Waals surface area contributed by atoms with Gasteiger partial charge >= 0.3 is 11.7 Å². The first kappa shape index (κ1) is 24.2. The normalized spacial score (nSPS) is 13.4. The molecule has 1 atom stereocenters. The molecule has 1 aliphatic rings. The van der Waals surface area contributed by atoms with Crippen LogP contribution in [0.15, 0.2) is 46.7 Å². The zero-order chi connectivity index (χ0) is 26.1. The lowest BCUT2D eigenvalue weighted by Gasteiger charge is -2.25. The van der Waals surface area contributed by atoms with Crippen LogP contribution in [0.2, 0.25) is 0 Å². The summed E-state index contributed by atoms with van der Waals surface area (Å²) >= 11 is 0.907. The van der Waals surface area contributed by atoms with Gasteiger partial charge in [-0.05, 0) is 53.9 Å². The maximum atomic E-state index is 12.9. The third kappa shape index (κ3) is 4.69. The molecule has 2 aromatic carbocycles. The number of nitrogens with two attached hydrogens (primary N) is 1. The van der Waals surface area contributed by atoms with Crippen LogP contribution in [0.25, 0.3) is 5.82 Å². The third-order valence-electron chi connectivity index (χ3n) is 5.88. The Kier molecular flexibility index (Phi) is 6.46. The smallest absolute Gasteiger partial charge is 0.349 e. The number of aromatic amines is 1. The predicted molar refractivity (Wildman–Crippen MR) is 136 cm³/mol. The Morgan fingerprint density at radius 2 is 2.14 bits per heavy atom. The maximum absolute atomic E-state index is 12.9. The van der Waals surface area contributed by atoms with E-state index in [1.165, 1.54) is 5.51 Å². The van der Waals surface area contributed by atoms with Gasteiger partial charge in [0, 0.05) is 16.8 Å². The molecule has 0 fully saturated rings. The van der Waals surface area contributed by atoms with Crippen LogP contribution in [0.5, 0.6) is 5.75 Å². The molecule has 1 aliphatic heterocycles. The fourth-order valence-electron chi connectivity index (χ4n) is 4.13. The molecule has 0 saturated heterocycles. The van der Waals surface area contributed by atoms with E-state index in [-0.39, 0.29) is 29.1 Å². The molecule has 6 N–H and O–H groups in total. The highest BCUT2D eigenvalue weighted by Gasteiger charge is 2.26. The number of carbonyl (C=O) groups is 1. The van der Waals surface area contributed by atoms with Crippen molar-refractivity contribution in [1.29, 1.82) is 5.41 Å². The molecule has 0 aliphatic carbocycles. The predicted octanol–water partition coefficient (Wildman–Crippen LogP) is 2.63. The van der Waals surface area contributed by atoms with Crippen LogP contribution in [-0.4, -0.2) is 43.5 Å². The number of anilines is 1. The summed E-state index contributed by atoms with van der Waals surface area (Å²) in [5.41, 5.74) is 10.2. The Bertz CT molecular complexity index is 1520. The molecule has 0 unspecified atom stereocenters. The van der Waals surface area contributed by atoms with Crippen LogP contribution >= 0.6 is 11.3 Å². The highest BCUT2D eigenvalue weighted by Crippen LogP contribution is 2.34. The summed E-state index contributed by atoms with van der Waals surface area (Å²) in [6, 6.07) is 10.2. The first-order valence-electron chi connectivity index (χ1n) is 11.3. The first-order chi connectivity index (χ1) is 17.9. The molecular weight excluding hydrogens is 498 g/mol. The lowest BCUT2D eigenvalue weighted by Crippen LogP contribution is -2.18. The highest BCUT2D eigenvalue weighted by atomic mass is 32.1. The van der Waals surface area contributed by atoms with Crippen LogP contribution in [0, 0.1) is 5.41 Å². The minimum absolute atomic E-state index is 0.0501. The standard InChI is InChI=1S/C24H23N7O5S/c1-2-12-7-14(8-15-9-35-11-36-18(12)15)17(28-16-5-3-13(4-6-16)20(25)26)21-29-24(34)31(30-21)22-19(23(32)33)37-10-27-22/h3-8,10,17,28H,2,9,11H2,1H3,(H3,25,26)(H,32,33)(H,29,30,34)/t17-/m0/s1. The van der Waals surface area contributed by atoms with Crippen LogP contribution in [-0.2, 0) is 17.8 Å². The fraction of sp³-hybridized carbons (Fsp3) is 0.208. The molecule has 2 aromatic heterocycles. The molecule has 0 spiro atoms. The van der Waals surface area contributed by atoms with E-state index in [4.69, 9.17) is 20.6 Å². The van der Waals surface area contributed by atoms with Gasteiger partial charge in [0.05, 0.1) is 12.1 Å². The van der Waals surface area contributed by atoms with Crippen molar-refractivity contribution in [2.24, 2.45) is 5.73 Å². The van der Waals surface area contributed by atoms with Gasteiger partial charge in [0.2, 0.25) is 0 Å². The van der Waals surface area contributed by atoms with E-state index >= 15 is 0 Å². The minimum atomic E-state index is -1.20. The SMILES string of the molecule is CCc1cc([C@H](Nc2ccc(C(=N)N)cc2)c2nn(-c3ncsc3C(=O)O)c(=O)[nH]2)cc2c1OCOC2. The number of fused-ring (bicyclic) bond motifs is 1. The Balaban J connectivity index is 1.62. The lowest BCUT2D eigenvalue weighted by atomic mass is 9.97. The number of carboxylic acid groups (broad SMARTS) is 1. The van der Waals surface area contributed by atoms with Crippen LogP contribution in [0.4, 0.5) is 5.69 Å². The van der Waals surface area contributed by atoms with E-state index in [0.29, 0.717) is 24.3 Å². The van der Waals surface area contributed by atoms with Gasteiger partial charge in [-0.15, -0.1) is 16.4 Å². The Morgan fingerprint density at radius 3 is 2.84 bits per heavy atom. The molecule has 0 amide bonds. The van der Waals surface area contributed by atoms with Gasteiger partial charge in [-0.3, -0.25) is 10.4 Å². The molecule has 5 rings (SSSR count). The fourth-order valence-corrected chi connectivity index (χ4v) is 4.73. The monoisotopic (exact) mass is 521 g/mol. The number of ether oxygens (including phenoxy) is 2. The number of thiazole rings is 1. The number of aromatic carboxylic acids is 1. The zero-order valence-electron chi connectivity index (χ0n) is 19.6. The number of nitrogen functional groups attached to an aromatic ring is 1. The summed E-state index contributed by atoms with van der Waals surface area (Å²) in [4.78, 5) is 31.2. The van der Waals surface area contributed by atoms with Crippen molar-refractivity contribution in [2.75, 3.05) is 12.1 Å². The van der Waals surface area contributed by atoms with Crippen molar-refractivity contribution >= 4 is 28.8 Å². The van der Waals surface area contributed by atoms with Gasteiger partial charge in [-0.25, -0.2) is 14.6 Å². The number of nitrogens with zero attached hydrogens (tertiary/aromatic N) is 3. The van der Waals surface area contributed by atoms with Gasteiger partial charge in [0.1, 0.15) is 17.6 Å². The molecule has 12 nitrogen and oxygen atoms in total. The van der Waals surface area contributed by atoms with Crippen molar-refractivity contribution in [3.05, 3.63) is 85.3 Å². The van der Waals surface area contributed by atoms with Crippen LogP contribution in [0.3, 0.4) is 0 Å². The van der Waals surface area contributed by atoms with Gasteiger partial charge in [-0.2, -0.15) is 4.68 Å². The van der Waals surface area contributed by atoms with E-state index in [2.05, 4.69) is 20.4 Å². The number of H-pyrrole nitrogens is 1. The van der Waals surface area contributed by atoms with Gasteiger partial charge in [-0.1, -0.05) is 6.92 Å². The highest BCUT2D eigenvalue weighted by molar-refractivity contribution is 7.12. The van der Waals surface area contributed by atoms with Crippen LogP contribution < -0.4 is 21.5 Å². The Morgan fingerprint density at radius 1 is 1.35 bits per heavy atom. The van der Waals surface area contributed by atoms with Crippen molar-refractivity contribution in [1.82, 2.24) is 19.7 Å². The van der Waals surface area contributed by atoms with E-state index in [1.54, 1.807) is 24.3 Å². The number of hydrogen-bond donors (Lipinski definition) is 5. The van der Waals surface area contributed by atoms with Gasteiger partial charge < -0.3 is 25.6 Å². The summed E-state index contributed by atoms with van der Waals surface area (Å²) in [6.45, 7) is 2.58. The van der Waals surface area contributed by atoms with Crippen molar-refractivity contribution in [2.45, 2.75) is 26.0 Å². The molecule has 0 radical (unpaired) electrons. The average Bonchev–Trinajstić information content (AvgIpc) is 3.53. The number of aryl methyl sites for hydroxylation is 1. The largest absolute Gasteiger partial charge is 0.477 e. The quantitative estimate of drug-likeness (QED) is 0.172. The minimum Gasteiger partial charge on any atom is -0.477 e. The van der Waals surface area contributed by atoms with E-state index in [1.807, 2.05) is 19.1 Å². The van der Waals surface area contributed by atoms with Gasteiger partial charge in [0.25, 0.3) is 0 Å². The summed E-state index contributed by atoms with van der Waals surface area (Å²) in [6.07, 6.45) is 0.710. The molecule has 13 heteroatoms. The number of nitrogens with one attached hydrogen (secondary N) is 3. The van der Waals surface area contributed by atoms with Crippen LogP contribution in [0.1, 0.15) is 50.7 Å². The topological polar surface area (TPSA) is 181 Å². The summed E-state index contributed by atoms with van der Waals surface area (Å²) in [5.74, 6) is -0.266. The second kappa shape index (κ2) is 9.87. The third-order valence-corrected chi connectivity index (χ3v) is 6.69. The molecule has 4 aromatic rings. The molecule has 190 valence electrons. The number of benzene rings is 2. The van der Waals surface area contributed by atoms with E-state index in [0.717, 1.165) is 38.5 Å². The summed E-state index contributed by atoms with van der Waals surface area (Å²) in [7, 11) is 0. The van der Waals surface area contributed by atoms with E-state index in [9.17, 15) is 14.7 Å². The van der Waals surface area contributed by atoms with E-state index < -0.39 is 17.7 Å². The van der Waals surface area contributed by atoms with Crippen molar-refractivity contribution in [3.8, 4) is 11.6 Å². The summed E-state index contributed by atoms with van der Waals surface area (Å²) < 4.78 is 12.2. The maximum Gasteiger partial charge on any atom is 0.349 e. The average molecular weight is 522 g/mol. The first-order valence-corrected chi connectivity index (χ1v) is 12.2. The molecule has 0 bridgehead atoms. The molecule has 37 heavy (non-hydrogen) atoms. The number of carboxylic acids is 1. The number of hydrogen-bond acceptors (Lipinski definition) is 9. The second-order valence-corrected chi connectivity index (χ2v) is 9.09. The number of rotatable bonds is 8. The molecular formula is C24H23N7O5S. The Hall–Kier alpha value is -4.49. The van der Waals surface area contributed by atoms with Crippen molar-refractivity contribution < 1.29 is 19.4 Å².